The lowest BCUT2D eigenvalue weighted by Crippen LogP contribution is -2.33. The molecule has 0 radical (unpaired) electrons. The number of anilines is 2. The van der Waals surface area contributed by atoms with Crippen molar-refractivity contribution in [1.29, 1.82) is 0 Å². The smallest absolute Gasteiger partial charge is 0.251 e. The molecule has 2 amide bonds. The Labute approximate surface area is 147 Å². The molecule has 6 heteroatoms. The molecule has 1 aliphatic rings. The number of piperidine rings is 1. The van der Waals surface area contributed by atoms with E-state index in [2.05, 4.69) is 20.5 Å². The zero-order valence-electron chi connectivity index (χ0n) is 14.1. The molecule has 2 heterocycles. The Morgan fingerprint density at radius 1 is 1.04 bits per heavy atom. The summed E-state index contributed by atoms with van der Waals surface area (Å²) >= 11 is 0. The van der Waals surface area contributed by atoms with Crippen molar-refractivity contribution < 1.29 is 9.59 Å². The summed E-state index contributed by atoms with van der Waals surface area (Å²) in [5.41, 5.74) is 2.30. The monoisotopic (exact) mass is 338 g/mol. The number of rotatable bonds is 5. The third kappa shape index (κ3) is 4.79. The van der Waals surface area contributed by atoms with Crippen LogP contribution < -0.4 is 15.5 Å². The van der Waals surface area contributed by atoms with Crippen molar-refractivity contribution in [3.63, 3.8) is 0 Å². The molecular formula is C19H22N4O2. The number of carbonyl (C=O) groups excluding carboxylic acids is 2. The van der Waals surface area contributed by atoms with Crippen LogP contribution in [-0.2, 0) is 4.79 Å². The minimum atomic E-state index is -0.286. The molecule has 0 bridgehead atoms. The average molecular weight is 338 g/mol. The topological polar surface area (TPSA) is 74.3 Å². The van der Waals surface area contributed by atoms with Gasteiger partial charge in [-0.3, -0.25) is 14.6 Å². The first-order chi connectivity index (χ1) is 12.2. The number of pyridine rings is 1. The predicted molar refractivity (Wildman–Crippen MR) is 97.7 cm³/mol. The molecule has 0 aliphatic carbocycles. The van der Waals surface area contributed by atoms with Gasteiger partial charge >= 0.3 is 0 Å². The SMILES string of the molecule is O=C(CNC(=O)c1ccc(N2CCCCC2)cc1)Nc1cccnc1. The van der Waals surface area contributed by atoms with Crippen molar-refractivity contribution in [3.05, 3.63) is 54.4 Å². The third-order valence-corrected chi connectivity index (χ3v) is 4.21. The van der Waals surface area contributed by atoms with Gasteiger partial charge in [0.05, 0.1) is 18.4 Å². The van der Waals surface area contributed by atoms with Crippen molar-refractivity contribution in [2.75, 3.05) is 29.9 Å². The van der Waals surface area contributed by atoms with Crippen molar-refractivity contribution in [2.24, 2.45) is 0 Å². The zero-order valence-corrected chi connectivity index (χ0v) is 14.1. The number of nitrogens with one attached hydrogen (secondary N) is 2. The van der Waals surface area contributed by atoms with Crippen LogP contribution in [0.1, 0.15) is 29.6 Å². The lowest BCUT2D eigenvalue weighted by atomic mass is 10.1. The number of amides is 2. The Kier molecular flexibility index (Phi) is 5.61. The average Bonchev–Trinajstić information content (AvgIpc) is 2.68. The Bertz CT molecular complexity index is 710. The fourth-order valence-corrected chi connectivity index (χ4v) is 2.88. The molecular weight excluding hydrogens is 316 g/mol. The molecule has 1 fully saturated rings. The van der Waals surface area contributed by atoms with Gasteiger partial charge < -0.3 is 15.5 Å². The summed E-state index contributed by atoms with van der Waals surface area (Å²) in [6.07, 6.45) is 6.91. The second-order valence-electron chi connectivity index (χ2n) is 6.07. The lowest BCUT2D eigenvalue weighted by Gasteiger charge is -2.28. The highest BCUT2D eigenvalue weighted by Crippen LogP contribution is 2.20. The lowest BCUT2D eigenvalue weighted by molar-refractivity contribution is -0.115. The van der Waals surface area contributed by atoms with Gasteiger partial charge in [-0.15, -0.1) is 0 Å². The maximum Gasteiger partial charge on any atom is 0.251 e. The molecule has 25 heavy (non-hydrogen) atoms. The summed E-state index contributed by atoms with van der Waals surface area (Å²) in [6.45, 7) is 2.06. The largest absolute Gasteiger partial charge is 0.372 e. The summed E-state index contributed by atoms with van der Waals surface area (Å²) in [5, 5.41) is 5.31. The number of benzene rings is 1. The maximum absolute atomic E-state index is 12.2. The maximum atomic E-state index is 12.2. The van der Waals surface area contributed by atoms with Gasteiger partial charge in [0.25, 0.3) is 5.91 Å². The number of carbonyl (C=O) groups is 2. The molecule has 0 unspecified atom stereocenters. The molecule has 1 aromatic heterocycles. The Morgan fingerprint density at radius 2 is 1.80 bits per heavy atom. The second kappa shape index (κ2) is 8.28. The number of nitrogens with zero attached hydrogens (tertiary/aromatic N) is 2. The molecule has 130 valence electrons. The Hall–Kier alpha value is -2.89. The Balaban J connectivity index is 1.50. The van der Waals surface area contributed by atoms with Crippen LogP contribution in [0.25, 0.3) is 0 Å². The molecule has 0 spiro atoms. The molecule has 3 rings (SSSR count). The summed E-state index contributed by atoms with van der Waals surface area (Å²) < 4.78 is 0. The predicted octanol–water partition coefficient (Wildman–Crippen LogP) is 2.44. The normalized spacial score (nSPS) is 14.0. The second-order valence-corrected chi connectivity index (χ2v) is 6.07. The standard InChI is InChI=1S/C19H22N4O2/c24-18(22-16-5-4-10-20-13-16)14-21-19(25)15-6-8-17(9-7-15)23-11-2-1-3-12-23/h4-10,13H,1-3,11-12,14H2,(H,21,25)(H,22,24). The fraction of sp³-hybridized carbons (Fsp3) is 0.316. The first kappa shape index (κ1) is 17.0. The van der Waals surface area contributed by atoms with E-state index in [4.69, 9.17) is 0 Å². The van der Waals surface area contributed by atoms with Crippen molar-refractivity contribution in [3.8, 4) is 0 Å². The minimum absolute atomic E-state index is 0.0817. The highest BCUT2D eigenvalue weighted by atomic mass is 16.2. The first-order valence-corrected chi connectivity index (χ1v) is 8.55. The summed E-state index contributed by atoms with van der Waals surface area (Å²) in [6, 6.07) is 11.0. The molecule has 0 atom stereocenters. The van der Waals surface area contributed by atoms with E-state index in [9.17, 15) is 9.59 Å². The van der Waals surface area contributed by atoms with Gasteiger partial charge in [0.15, 0.2) is 0 Å². The molecule has 1 aromatic carbocycles. The minimum Gasteiger partial charge on any atom is -0.372 e. The van der Waals surface area contributed by atoms with Gasteiger partial charge in [0, 0.05) is 30.5 Å². The van der Waals surface area contributed by atoms with Gasteiger partial charge in [-0.2, -0.15) is 0 Å². The van der Waals surface area contributed by atoms with Gasteiger partial charge in [0.2, 0.25) is 5.91 Å². The summed E-state index contributed by atoms with van der Waals surface area (Å²) in [5.74, 6) is -0.544. The van der Waals surface area contributed by atoms with E-state index in [1.165, 1.54) is 19.3 Å². The van der Waals surface area contributed by atoms with Crippen LogP contribution >= 0.6 is 0 Å². The molecule has 2 aromatic rings. The number of hydrogen-bond acceptors (Lipinski definition) is 4. The van der Waals surface area contributed by atoms with Crippen LogP contribution in [-0.4, -0.2) is 36.4 Å². The van der Waals surface area contributed by atoms with Gasteiger partial charge in [-0.25, -0.2) is 0 Å². The van der Waals surface area contributed by atoms with Gasteiger partial charge in [0.1, 0.15) is 0 Å². The number of hydrogen-bond donors (Lipinski definition) is 2. The van der Waals surface area contributed by atoms with Crippen LogP contribution in [0, 0.1) is 0 Å². The molecule has 6 nitrogen and oxygen atoms in total. The van der Waals surface area contributed by atoms with E-state index in [1.807, 2.05) is 12.1 Å². The van der Waals surface area contributed by atoms with E-state index in [0.29, 0.717) is 11.3 Å². The fourth-order valence-electron chi connectivity index (χ4n) is 2.88. The van der Waals surface area contributed by atoms with E-state index in [-0.39, 0.29) is 18.4 Å². The molecule has 1 saturated heterocycles. The highest BCUT2D eigenvalue weighted by Gasteiger charge is 2.12. The van der Waals surface area contributed by atoms with Crippen LogP contribution in [0.3, 0.4) is 0 Å². The van der Waals surface area contributed by atoms with Crippen molar-refractivity contribution >= 4 is 23.2 Å². The highest BCUT2D eigenvalue weighted by molar-refractivity contribution is 5.99. The molecule has 0 saturated carbocycles. The van der Waals surface area contributed by atoms with Crippen LogP contribution in [0.4, 0.5) is 11.4 Å². The van der Waals surface area contributed by atoms with E-state index < -0.39 is 0 Å². The Morgan fingerprint density at radius 3 is 2.48 bits per heavy atom. The summed E-state index contributed by atoms with van der Waals surface area (Å²) in [4.78, 5) is 30.3. The first-order valence-electron chi connectivity index (χ1n) is 8.55. The van der Waals surface area contributed by atoms with E-state index >= 15 is 0 Å². The van der Waals surface area contributed by atoms with Crippen LogP contribution in [0.5, 0.6) is 0 Å². The van der Waals surface area contributed by atoms with E-state index in [0.717, 1.165) is 18.8 Å². The number of aromatic nitrogens is 1. The summed E-state index contributed by atoms with van der Waals surface area (Å²) in [7, 11) is 0. The van der Waals surface area contributed by atoms with Crippen LogP contribution in [0.2, 0.25) is 0 Å². The van der Waals surface area contributed by atoms with Gasteiger partial charge in [-0.1, -0.05) is 0 Å². The van der Waals surface area contributed by atoms with E-state index in [1.54, 1.807) is 36.7 Å². The molecule has 2 N–H and O–H groups in total. The van der Waals surface area contributed by atoms with Crippen LogP contribution in [0.15, 0.2) is 48.8 Å². The molecule has 1 aliphatic heterocycles. The zero-order chi connectivity index (χ0) is 17.5. The van der Waals surface area contributed by atoms with Crippen molar-refractivity contribution in [1.82, 2.24) is 10.3 Å². The quantitative estimate of drug-likeness (QED) is 0.878. The van der Waals surface area contributed by atoms with Crippen molar-refractivity contribution in [2.45, 2.75) is 19.3 Å². The van der Waals surface area contributed by atoms with Gasteiger partial charge in [-0.05, 0) is 55.7 Å². The third-order valence-electron chi connectivity index (χ3n) is 4.21.